The van der Waals surface area contributed by atoms with Crippen molar-refractivity contribution < 1.29 is 14.3 Å². The molecule has 3 heterocycles. The second-order valence-corrected chi connectivity index (χ2v) is 9.22. The van der Waals surface area contributed by atoms with Crippen molar-refractivity contribution in [1.82, 2.24) is 19.7 Å². The molecule has 0 unspecified atom stereocenters. The van der Waals surface area contributed by atoms with E-state index in [-0.39, 0.29) is 11.7 Å². The molecule has 3 aromatic heterocycles. The summed E-state index contributed by atoms with van der Waals surface area (Å²) in [5, 5.41) is 16.6. The first kappa shape index (κ1) is 22.3. The van der Waals surface area contributed by atoms with Gasteiger partial charge in [-0.2, -0.15) is 0 Å². The third-order valence-corrected chi connectivity index (χ3v) is 7.13. The van der Waals surface area contributed by atoms with Crippen LogP contribution >= 0.6 is 34.4 Å². The van der Waals surface area contributed by atoms with Crippen molar-refractivity contribution in [2.24, 2.45) is 0 Å². The van der Waals surface area contributed by atoms with Gasteiger partial charge in [-0.15, -0.1) is 32.9 Å². The molecule has 4 rings (SSSR count). The molecule has 0 saturated carbocycles. The Balaban J connectivity index is 1.41. The minimum Gasteiger partial charge on any atom is -0.497 e. The summed E-state index contributed by atoms with van der Waals surface area (Å²) in [6, 6.07) is 9.54. The van der Waals surface area contributed by atoms with Crippen LogP contribution in [0.25, 0.3) is 22.0 Å². The zero-order chi connectivity index (χ0) is 22.5. The predicted molar refractivity (Wildman–Crippen MR) is 129 cm³/mol. The van der Waals surface area contributed by atoms with Crippen LogP contribution in [0.3, 0.4) is 0 Å². The van der Waals surface area contributed by atoms with Gasteiger partial charge in [0.25, 0.3) is 0 Å². The molecule has 1 amide bonds. The molecule has 1 aromatic carbocycles. The largest absolute Gasteiger partial charge is 0.497 e. The molecule has 4 aromatic rings. The number of amides is 1. The van der Waals surface area contributed by atoms with Gasteiger partial charge in [-0.3, -0.25) is 4.79 Å². The molecule has 1 N–H and O–H groups in total. The van der Waals surface area contributed by atoms with Crippen LogP contribution in [0, 0.1) is 0 Å². The van der Waals surface area contributed by atoms with E-state index in [1.807, 2.05) is 46.5 Å². The molecule has 0 aliphatic rings. The standard InChI is InChI=1S/C21H21N5O3S3/c1-4-26-19(17-6-5-9-30-17)24-25-21(26)32-12-18(27)23-20-22-15(11-31-20)14-8-7-13(28-2)10-16(14)29-3/h5-11H,4,12H2,1-3H3,(H,22,23,27). The molecule has 0 fully saturated rings. The Morgan fingerprint density at radius 3 is 2.78 bits per heavy atom. The van der Waals surface area contributed by atoms with E-state index < -0.39 is 0 Å². The zero-order valence-corrected chi connectivity index (χ0v) is 20.1. The lowest BCUT2D eigenvalue weighted by atomic mass is 10.1. The molecule has 0 atom stereocenters. The van der Waals surface area contributed by atoms with Crippen LogP contribution in [-0.2, 0) is 11.3 Å². The normalized spacial score (nSPS) is 10.8. The Hall–Kier alpha value is -2.89. The van der Waals surface area contributed by atoms with Gasteiger partial charge in [0, 0.05) is 23.6 Å². The zero-order valence-electron chi connectivity index (χ0n) is 17.7. The van der Waals surface area contributed by atoms with E-state index in [0.717, 1.165) is 28.5 Å². The van der Waals surface area contributed by atoms with Gasteiger partial charge in [0.1, 0.15) is 11.5 Å². The van der Waals surface area contributed by atoms with Crippen LogP contribution in [0.1, 0.15) is 6.92 Å². The molecule has 0 saturated heterocycles. The van der Waals surface area contributed by atoms with Gasteiger partial charge in [0.05, 0.1) is 30.5 Å². The summed E-state index contributed by atoms with van der Waals surface area (Å²) in [5.41, 5.74) is 1.56. The number of nitrogens with one attached hydrogen (secondary N) is 1. The van der Waals surface area contributed by atoms with Crippen molar-refractivity contribution >= 4 is 45.5 Å². The molecule has 11 heteroatoms. The molecule has 32 heavy (non-hydrogen) atoms. The van der Waals surface area contributed by atoms with Gasteiger partial charge in [-0.05, 0) is 30.5 Å². The molecular weight excluding hydrogens is 466 g/mol. The minimum atomic E-state index is -0.152. The smallest absolute Gasteiger partial charge is 0.236 e. The second kappa shape index (κ2) is 10.2. The Labute approximate surface area is 197 Å². The highest BCUT2D eigenvalue weighted by Gasteiger charge is 2.16. The van der Waals surface area contributed by atoms with Gasteiger partial charge >= 0.3 is 0 Å². The number of ether oxygens (including phenoxy) is 2. The second-order valence-electron chi connectivity index (χ2n) is 6.47. The van der Waals surface area contributed by atoms with Crippen LogP contribution in [0.4, 0.5) is 5.13 Å². The van der Waals surface area contributed by atoms with Crippen molar-refractivity contribution in [3.05, 3.63) is 41.1 Å². The number of anilines is 1. The summed E-state index contributed by atoms with van der Waals surface area (Å²) in [6.07, 6.45) is 0. The van der Waals surface area contributed by atoms with Gasteiger partial charge in [-0.25, -0.2) is 4.98 Å². The summed E-state index contributed by atoms with van der Waals surface area (Å²) in [7, 11) is 3.21. The Bertz CT molecular complexity index is 1200. The summed E-state index contributed by atoms with van der Waals surface area (Å²) >= 11 is 4.33. The number of carbonyl (C=O) groups is 1. The maximum Gasteiger partial charge on any atom is 0.236 e. The van der Waals surface area contributed by atoms with Gasteiger partial charge < -0.3 is 19.4 Å². The SMILES string of the molecule is CCn1c(SCC(=O)Nc2nc(-c3ccc(OC)cc3OC)cs2)nnc1-c1cccs1. The molecule has 0 radical (unpaired) electrons. The van der Waals surface area contributed by atoms with E-state index in [0.29, 0.717) is 21.8 Å². The number of aromatic nitrogens is 4. The fourth-order valence-electron chi connectivity index (χ4n) is 3.02. The number of hydrogen-bond acceptors (Lipinski definition) is 9. The maximum atomic E-state index is 12.5. The summed E-state index contributed by atoms with van der Waals surface area (Å²) in [5.74, 6) is 2.24. The Morgan fingerprint density at radius 2 is 2.06 bits per heavy atom. The molecule has 8 nitrogen and oxygen atoms in total. The first-order valence-electron chi connectivity index (χ1n) is 9.70. The van der Waals surface area contributed by atoms with Crippen LogP contribution in [0.15, 0.2) is 46.2 Å². The van der Waals surface area contributed by atoms with Crippen molar-refractivity contribution in [3.8, 4) is 33.5 Å². The summed E-state index contributed by atoms with van der Waals surface area (Å²) in [6.45, 7) is 2.76. The summed E-state index contributed by atoms with van der Waals surface area (Å²) < 4.78 is 12.7. The van der Waals surface area contributed by atoms with Crippen molar-refractivity contribution in [1.29, 1.82) is 0 Å². The van der Waals surface area contributed by atoms with Crippen molar-refractivity contribution in [2.45, 2.75) is 18.6 Å². The van der Waals surface area contributed by atoms with E-state index in [4.69, 9.17) is 9.47 Å². The quantitative estimate of drug-likeness (QED) is 0.336. The van der Waals surface area contributed by atoms with Crippen LogP contribution < -0.4 is 14.8 Å². The van der Waals surface area contributed by atoms with E-state index >= 15 is 0 Å². The lowest BCUT2D eigenvalue weighted by Crippen LogP contribution is -2.14. The van der Waals surface area contributed by atoms with Crippen LogP contribution in [0.5, 0.6) is 11.5 Å². The number of nitrogens with zero attached hydrogens (tertiary/aromatic N) is 4. The van der Waals surface area contributed by atoms with Crippen LogP contribution in [0.2, 0.25) is 0 Å². The molecule has 0 spiro atoms. The topological polar surface area (TPSA) is 91.2 Å². The minimum absolute atomic E-state index is 0.152. The van der Waals surface area contributed by atoms with Gasteiger partial charge in [0.2, 0.25) is 5.91 Å². The molecule has 0 bridgehead atoms. The predicted octanol–water partition coefficient (Wildman–Crippen LogP) is 4.90. The Morgan fingerprint density at radius 1 is 1.19 bits per heavy atom. The van der Waals surface area contributed by atoms with Gasteiger partial charge in [0.15, 0.2) is 16.1 Å². The molecule has 0 aliphatic heterocycles. The molecule has 0 aliphatic carbocycles. The highest BCUT2D eigenvalue weighted by Crippen LogP contribution is 2.35. The lowest BCUT2D eigenvalue weighted by molar-refractivity contribution is -0.113. The number of hydrogen-bond donors (Lipinski definition) is 1. The third-order valence-electron chi connectivity index (χ3n) is 4.54. The number of carbonyl (C=O) groups excluding carboxylic acids is 1. The van der Waals surface area contributed by atoms with Crippen LogP contribution in [-0.4, -0.2) is 45.6 Å². The number of thiophene rings is 1. The number of thioether (sulfide) groups is 1. The fraction of sp³-hybridized carbons (Fsp3) is 0.238. The average molecular weight is 488 g/mol. The van der Waals surface area contributed by atoms with Crippen molar-refractivity contribution in [3.63, 3.8) is 0 Å². The Kier molecular flexibility index (Phi) is 7.08. The number of rotatable bonds is 9. The third kappa shape index (κ3) is 4.79. The fourth-order valence-corrected chi connectivity index (χ4v) is 5.27. The van der Waals surface area contributed by atoms with Gasteiger partial charge in [-0.1, -0.05) is 17.8 Å². The van der Waals surface area contributed by atoms with E-state index in [1.165, 1.54) is 23.1 Å². The van der Waals surface area contributed by atoms with E-state index in [2.05, 4.69) is 20.5 Å². The first-order valence-corrected chi connectivity index (χ1v) is 12.4. The number of benzene rings is 1. The highest BCUT2D eigenvalue weighted by atomic mass is 32.2. The van der Waals surface area contributed by atoms with E-state index in [9.17, 15) is 4.79 Å². The number of thiazole rings is 1. The first-order chi connectivity index (χ1) is 15.6. The number of methoxy groups -OCH3 is 2. The maximum absolute atomic E-state index is 12.5. The van der Waals surface area contributed by atoms with E-state index in [1.54, 1.807) is 31.6 Å². The molecular formula is C21H21N5O3S3. The summed E-state index contributed by atoms with van der Waals surface area (Å²) in [4.78, 5) is 18.1. The highest BCUT2D eigenvalue weighted by molar-refractivity contribution is 7.99. The molecule has 166 valence electrons. The lowest BCUT2D eigenvalue weighted by Gasteiger charge is -2.08. The monoisotopic (exact) mass is 487 g/mol. The average Bonchev–Trinajstić information content (AvgIpc) is 3.57. The van der Waals surface area contributed by atoms with Crippen molar-refractivity contribution in [2.75, 3.05) is 25.3 Å².